The fraction of sp³-hybridized carbons (Fsp3) is 0.304. The molecule has 1 aromatic carbocycles. The van der Waals surface area contributed by atoms with Crippen LogP contribution < -0.4 is 10.3 Å². The second-order valence-electron chi connectivity index (χ2n) is 7.67. The Morgan fingerprint density at radius 2 is 2.10 bits per heavy atom. The van der Waals surface area contributed by atoms with Crippen molar-refractivity contribution in [1.29, 1.82) is 0 Å². The lowest BCUT2D eigenvalue weighted by molar-refractivity contribution is -0.132. The average molecular weight is 435 g/mol. The first-order valence-electron chi connectivity index (χ1n) is 10.4. The molecule has 3 aromatic heterocycles. The van der Waals surface area contributed by atoms with Gasteiger partial charge in [-0.15, -0.1) is 11.3 Å². The van der Waals surface area contributed by atoms with E-state index in [1.54, 1.807) is 23.6 Å². The van der Waals surface area contributed by atoms with Gasteiger partial charge in [0.2, 0.25) is 5.91 Å². The number of fused-ring (bicyclic) bond motifs is 2. The van der Waals surface area contributed by atoms with Crippen molar-refractivity contribution < 1.29 is 9.53 Å². The number of benzene rings is 1. The van der Waals surface area contributed by atoms with Crippen LogP contribution in [0.4, 0.5) is 0 Å². The number of H-pyrrole nitrogens is 1. The second kappa shape index (κ2) is 8.11. The highest BCUT2D eigenvalue weighted by Gasteiger charge is 2.23. The average Bonchev–Trinajstić information content (AvgIpc) is 3.27. The van der Waals surface area contributed by atoms with Gasteiger partial charge in [0.25, 0.3) is 5.56 Å². The van der Waals surface area contributed by atoms with Crippen molar-refractivity contribution in [2.75, 3.05) is 13.1 Å². The summed E-state index contributed by atoms with van der Waals surface area (Å²) in [5.74, 6) is 1.28. The van der Waals surface area contributed by atoms with Crippen LogP contribution in [0.3, 0.4) is 0 Å². The van der Waals surface area contributed by atoms with E-state index < -0.39 is 0 Å². The van der Waals surface area contributed by atoms with Gasteiger partial charge in [0.1, 0.15) is 17.5 Å². The molecule has 1 amide bonds. The summed E-state index contributed by atoms with van der Waals surface area (Å²) in [4.78, 5) is 38.4. The lowest BCUT2D eigenvalue weighted by Crippen LogP contribution is -2.41. The van der Waals surface area contributed by atoms with Gasteiger partial charge in [-0.2, -0.15) is 0 Å². The molecule has 5 rings (SSSR count). The first-order valence-corrected chi connectivity index (χ1v) is 11.3. The van der Waals surface area contributed by atoms with Crippen LogP contribution in [-0.4, -0.2) is 45.0 Å². The molecule has 1 N–H and O–H groups in total. The van der Waals surface area contributed by atoms with Gasteiger partial charge in [0, 0.05) is 48.6 Å². The number of amides is 1. The Labute approximate surface area is 182 Å². The van der Waals surface area contributed by atoms with E-state index in [0.29, 0.717) is 47.7 Å². The summed E-state index contributed by atoms with van der Waals surface area (Å²) >= 11 is 1.63. The normalized spacial score (nSPS) is 14.9. The van der Waals surface area contributed by atoms with Gasteiger partial charge < -0.3 is 14.6 Å². The van der Waals surface area contributed by atoms with Gasteiger partial charge in [-0.1, -0.05) is 6.92 Å². The quantitative estimate of drug-likeness (QED) is 0.525. The van der Waals surface area contributed by atoms with Crippen molar-refractivity contribution in [3.8, 4) is 17.3 Å². The van der Waals surface area contributed by atoms with Gasteiger partial charge >= 0.3 is 0 Å². The van der Waals surface area contributed by atoms with Crippen LogP contribution in [0, 0.1) is 0 Å². The number of nitrogens with zero attached hydrogens (tertiary/aromatic N) is 3. The van der Waals surface area contributed by atoms with Crippen LogP contribution in [0.15, 0.2) is 46.7 Å². The van der Waals surface area contributed by atoms with E-state index in [9.17, 15) is 9.59 Å². The van der Waals surface area contributed by atoms with E-state index in [1.165, 1.54) is 0 Å². The van der Waals surface area contributed by atoms with Crippen molar-refractivity contribution in [2.45, 2.75) is 32.3 Å². The summed E-state index contributed by atoms with van der Waals surface area (Å²) < 4.78 is 7.20. The summed E-state index contributed by atoms with van der Waals surface area (Å²) in [6.07, 6.45) is 3.93. The van der Waals surface area contributed by atoms with Gasteiger partial charge in [0.15, 0.2) is 5.82 Å². The molecule has 0 spiro atoms. The van der Waals surface area contributed by atoms with Gasteiger partial charge in [-0.05, 0) is 35.7 Å². The number of aromatic nitrogens is 3. The molecule has 7 nitrogen and oxygen atoms in total. The molecule has 0 radical (unpaired) electrons. The van der Waals surface area contributed by atoms with Crippen LogP contribution in [0.5, 0.6) is 5.75 Å². The van der Waals surface area contributed by atoms with Crippen LogP contribution in [0.25, 0.3) is 32.5 Å². The lowest BCUT2D eigenvalue weighted by atomic mass is 10.1. The molecule has 31 heavy (non-hydrogen) atoms. The van der Waals surface area contributed by atoms with E-state index in [1.807, 2.05) is 41.5 Å². The summed E-state index contributed by atoms with van der Waals surface area (Å²) in [5.41, 5.74) is 1.02. The van der Waals surface area contributed by atoms with E-state index in [0.717, 1.165) is 22.9 Å². The molecule has 8 heteroatoms. The maximum absolute atomic E-state index is 12.8. The number of ether oxygens (including phenoxy) is 1. The number of carbonyl (C=O) groups is 1. The van der Waals surface area contributed by atoms with Gasteiger partial charge in [0.05, 0.1) is 10.9 Å². The molecule has 0 saturated carbocycles. The fourth-order valence-corrected chi connectivity index (χ4v) is 4.73. The third-order valence-electron chi connectivity index (χ3n) is 5.66. The molecule has 0 atom stereocenters. The molecule has 1 aliphatic rings. The maximum atomic E-state index is 12.8. The number of likely N-dealkylation sites (tertiary alicyclic amines) is 1. The summed E-state index contributed by atoms with van der Waals surface area (Å²) in [5, 5.41) is 3.57. The van der Waals surface area contributed by atoms with Crippen molar-refractivity contribution in [3.05, 3.63) is 52.3 Å². The predicted molar refractivity (Wildman–Crippen MR) is 121 cm³/mol. The number of hydrogen-bond acceptors (Lipinski definition) is 6. The van der Waals surface area contributed by atoms with E-state index in [2.05, 4.69) is 15.0 Å². The highest BCUT2D eigenvalue weighted by atomic mass is 32.1. The Balaban J connectivity index is 1.37. The largest absolute Gasteiger partial charge is 0.490 e. The van der Waals surface area contributed by atoms with Crippen LogP contribution in [-0.2, 0) is 4.79 Å². The minimum Gasteiger partial charge on any atom is -0.490 e. The van der Waals surface area contributed by atoms with Crippen molar-refractivity contribution in [2.24, 2.45) is 0 Å². The predicted octanol–water partition coefficient (Wildman–Crippen LogP) is 3.98. The van der Waals surface area contributed by atoms with E-state index >= 15 is 0 Å². The topological polar surface area (TPSA) is 88.2 Å². The molecular formula is C23H22N4O3S. The lowest BCUT2D eigenvalue weighted by Gasteiger charge is -2.32. The number of nitrogens with one attached hydrogen (secondary N) is 1. The molecule has 0 aliphatic carbocycles. The summed E-state index contributed by atoms with van der Waals surface area (Å²) in [6.45, 7) is 3.30. The van der Waals surface area contributed by atoms with Crippen molar-refractivity contribution in [1.82, 2.24) is 19.9 Å². The molecule has 4 aromatic rings. The molecule has 4 heterocycles. The number of aromatic amines is 1. The number of rotatable bonds is 4. The van der Waals surface area contributed by atoms with Gasteiger partial charge in [-0.3, -0.25) is 14.6 Å². The first-order chi connectivity index (χ1) is 15.1. The zero-order valence-corrected chi connectivity index (χ0v) is 17.9. The standard InChI is InChI=1S/C23H22N4O3S/c1-2-21(28)27-8-5-15(6-9-27)30-16-3-4-18-17(11-16)23(29)26-22(25-18)19-12-20-14(13-24-19)7-10-31-20/h3-4,7,10-13,15H,2,5-6,8-9H2,1H3,(H,25,26,29). The second-order valence-corrected chi connectivity index (χ2v) is 8.62. The number of pyridine rings is 1. The van der Waals surface area contributed by atoms with E-state index in [4.69, 9.17) is 4.74 Å². The Bertz CT molecular complexity index is 1320. The highest BCUT2D eigenvalue weighted by molar-refractivity contribution is 7.17. The Hall–Kier alpha value is -3.26. The van der Waals surface area contributed by atoms with Crippen LogP contribution in [0.2, 0.25) is 0 Å². The Morgan fingerprint density at radius 1 is 1.26 bits per heavy atom. The fourth-order valence-electron chi connectivity index (χ4n) is 3.94. The summed E-state index contributed by atoms with van der Waals surface area (Å²) in [7, 11) is 0. The monoisotopic (exact) mass is 434 g/mol. The van der Waals surface area contributed by atoms with Gasteiger partial charge in [-0.25, -0.2) is 4.98 Å². The number of thiophene rings is 1. The SMILES string of the molecule is CCC(=O)N1CCC(Oc2ccc3nc(-c4cc5sccc5cn4)[nH]c(=O)c3c2)CC1. The molecule has 1 fully saturated rings. The molecular weight excluding hydrogens is 412 g/mol. The maximum Gasteiger partial charge on any atom is 0.259 e. The molecule has 1 aliphatic heterocycles. The molecule has 1 saturated heterocycles. The zero-order valence-electron chi connectivity index (χ0n) is 17.1. The van der Waals surface area contributed by atoms with E-state index in [-0.39, 0.29) is 17.6 Å². The van der Waals surface area contributed by atoms with Crippen molar-refractivity contribution in [3.63, 3.8) is 0 Å². The Morgan fingerprint density at radius 3 is 2.90 bits per heavy atom. The number of carbonyl (C=O) groups excluding carboxylic acids is 1. The third kappa shape index (κ3) is 3.90. The minimum atomic E-state index is -0.220. The molecule has 158 valence electrons. The molecule has 0 unspecified atom stereocenters. The number of piperidine rings is 1. The van der Waals surface area contributed by atoms with Crippen LogP contribution in [0.1, 0.15) is 26.2 Å². The zero-order chi connectivity index (χ0) is 21.4. The van der Waals surface area contributed by atoms with Crippen LogP contribution >= 0.6 is 11.3 Å². The molecule has 0 bridgehead atoms. The van der Waals surface area contributed by atoms with Crippen molar-refractivity contribution >= 4 is 38.2 Å². The Kier molecular flexibility index (Phi) is 5.15. The third-order valence-corrected chi connectivity index (χ3v) is 6.54. The smallest absolute Gasteiger partial charge is 0.259 e. The number of hydrogen-bond donors (Lipinski definition) is 1. The summed E-state index contributed by atoms with van der Waals surface area (Å²) in [6, 6.07) is 9.35. The highest BCUT2D eigenvalue weighted by Crippen LogP contribution is 2.26. The minimum absolute atomic E-state index is 0.0337. The first kappa shape index (κ1) is 19.7.